The van der Waals surface area contributed by atoms with Crippen molar-refractivity contribution in [2.24, 2.45) is 4.40 Å². The highest BCUT2D eigenvalue weighted by Gasteiger charge is 2.27. The number of carbonyl (C=O) groups is 2. The molecule has 2 amide bonds. The second-order valence-electron chi connectivity index (χ2n) is 6.76. The summed E-state index contributed by atoms with van der Waals surface area (Å²) in [5.41, 5.74) is 2.39. The molecule has 0 fully saturated rings. The Balaban J connectivity index is 1.73. The van der Waals surface area contributed by atoms with Crippen LogP contribution in [0, 0.1) is 0 Å². The van der Waals surface area contributed by atoms with E-state index >= 15 is 0 Å². The van der Waals surface area contributed by atoms with Gasteiger partial charge in [0.2, 0.25) is 5.91 Å². The molecule has 30 heavy (non-hydrogen) atoms. The number of nitrogens with one attached hydrogen (secondary N) is 2. The van der Waals surface area contributed by atoms with Gasteiger partial charge in [-0.2, -0.15) is 8.42 Å². The molecule has 9 heteroatoms. The molecular weight excluding hydrogens is 404 g/mol. The molecule has 1 aliphatic rings. The maximum atomic E-state index is 12.7. The third kappa shape index (κ3) is 5.32. The number of benzene rings is 2. The Labute approximate surface area is 175 Å². The van der Waals surface area contributed by atoms with Gasteiger partial charge in [-0.25, -0.2) is 0 Å². The molecule has 0 saturated heterocycles. The van der Waals surface area contributed by atoms with Crippen LogP contribution in [0.3, 0.4) is 0 Å². The number of hydrogen-bond donors (Lipinski definition) is 2. The number of anilines is 2. The van der Waals surface area contributed by atoms with Crippen LogP contribution in [0.15, 0.2) is 70.8 Å². The van der Waals surface area contributed by atoms with Gasteiger partial charge in [-0.3, -0.25) is 13.9 Å². The van der Waals surface area contributed by atoms with Crippen LogP contribution in [-0.2, 0) is 26.2 Å². The topological polar surface area (TPSA) is 108 Å². The standard InChI is InChI=1S/C21H22N4O4S/c1-15-20(21(27)23-19-10-8-18(9-11-19)22-16(2)26)14-25(30(28,29)24-15)13-12-17-6-4-3-5-7-17/h3-11,14H,12-13H2,1-2H3,(H,22,26)(H,23,27). The maximum Gasteiger partial charge on any atom is 0.344 e. The van der Waals surface area contributed by atoms with Gasteiger partial charge in [0.15, 0.2) is 0 Å². The summed E-state index contributed by atoms with van der Waals surface area (Å²) in [5.74, 6) is -0.661. The molecule has 8 nitrogen and oxygen atoms in total. The minimum absolute atomic E-state index is 0.123. The van der Waals surface area contributed by atoms with Crippen LogP contribution < -0.4 is 10.6 Å². The van der Waals surface area contributed by atoms with Crippen LogP contribution in [0.25, 0.3) is 0 Å². The van der Waals surface area contributed by atoms with E-state index in [0.717, 1.165) is 9.87 Å². The molecule has 1 heterocycles. The predicted molar refractivity (Wildman–Crippen MR) is 116 cm³/mol. The van der Waals surface area contributed by atoms with Crippen LogP contribution in [-0.4, -0.2) is 36.8 Å². The van der Waals surface area contributed by atoms with E-state index in [4.69, 9.17) is 0 Å². The summed E-state index contributed by atoms with van der Waals surface area (Å²) in [4.78, 5) is 23.8. The minimum atomic E-state index is -3.87. The maximum absolute atomic E-state index is 12.7. The van der Waals surface area contributed by atoms with Gasteiger partial charge in [-0.15, -0.1) is 4.40 Å². The lowest BCUT2D eigenvalue weighted by Gasteiger charge is -2.23. The van der Waals surface area contributed by atoms with Gasteiger partial charge < -0.3 is 10.6 Å². The van der Waals surface area contributed by atoms with Crippen LogP contribution in [0.2, 0.25) is 0 Å². The number of carbonyl (C=O) groups excluding carboxylic acids is 2. The molecule has 0 spiro atoms. The molecule has 0 radical (unpaired) electrons. The molecule has 2 N–H and O–H groups in total. The van der Waals surface area contributed by atoms with Crippen LogP contribution in [0.5, 0.6) is 0 Å². The van der Waals surface area contributed by atoms with Crippen molar-refractivity contribution in [2.75, 3.05) is 17.2 Å². The van der Waals surface area contributed by atoms with Crippen LogP contribution in [0.1, 0.15) is 19.4 Å². The number of amides is 2. The summed E-state index contributed by atoms with van der Waals surface area (Å²) in [6.45, 7) is 3.06. The van der Waals surface area contributed by atoms with E-state index in [1.807, 2.05) is 30.3 Å². The molecule has 156 valence electrons. The normalized spacial score (nSPS) is 15.1. The van der Waals surface area contributed by atoms with Gasteiger partial charge in [-0.05, 0) is 43.2 Å². The highest BCUT2D eigenvalue weighted by atomic mass is 32.2. The molecule has 0 aromatic heterocycles. The first-order valence-corrected chi connectivity index (χ1v) is 10.7. The Morgan fingerprint density at radius 1 is 0.967 bits per heavy atom. The minimum Gasteiger partial charge on any atom is -0.326 e. The van der Waals surface area contributed by atoms with Crippen molar-refractivity contribution in [1.29, 1.82) is 0 Å². The highest BCUT2D eigenvalue weighted by molar-refractivity contribution is 7.88. The quantitative estimate of drug-likeness (QED) is 0.740. The average Bonchev–Trinajstić information content (AvgIpc) is 2.68. The fraction of sp³-hybridized carbons (Fsp3) is 0.190. The van der Waals surface area contributed by atoms with Crippen molar-refractivity contribution < 1.29 is 18.0 Å². The molecule has 2 aromatic rings. The molecule has 3 rings (SSSR count). The van der Waals surface area contributed by atoms with E-state index < -0.39 is 16.1 Å². The van der Waals surface area contributed by atoms with E-state index in [0.29, 0.717) is 17.8 Å². The summed E-state index contributed by atoms with van der Waals surface area (Å²) < 4.78 is 29.6. The molecule has 1 aliphatic heterocycles. The summed E-state index contributed by atoms with van der Waals surface area (Å²) in [7, 11) is -3.87. The summed E-state index contributed by atoms with van der Waals surface area (Å²) in [6.07, 6.45) is 1.81. The monoisotopic (exact) mass is 426 g/mol. The first-order chi connectivity index (χ1) is 14.2. The SMILES string of the molecule is CC(=O)Nc1ccc(NC(=O)C2=CN(CCc3ccccc3)S(=O)(=O)N=C2C)cc1. The lowest BCUT2D eigenvalue weighted by atomic mass is 10.1. The zero-order valence-corrected chi connectivity index (χ0v) is 17.4. The predicted octanol–water partition coefficient (Wildman–Crippen LogP) is 2.73. The van der Waals surface area contributed by atoms with Gasteiger partial charge in [0.25, 0.3) is 5.91 Å². The molecule has 2 aromatic carbocycles. The Bertz CT molecular complexity index is 1110. The van der Waals surface area contributed by atoms with Crippen molar-refractivity contribution >= 4 is 39.1 Å². The summed E-state index contributed by atoms with van der Waals surface area (Å²) in [6, 6.07) is 16.1. The summed E-state index contributed by atoms with van der Waals surface area (Å²) >= 11 is 0. The van der Waals surface area contributed by atoms with Gasteiger partial charge in [0, 0.05) is 31.0 Å². The number of hydrogen-bond acceptors (Lipinski definition) is 4. The van der Waals surface area contributed by atoms with Crippen molar-refractivity contribution in [2.45, 2.75) is 20.3 Å². The van der Waals surface area contributed by atoms with E-state index in [1.54, 1.807) is 24.3 Å². The first-order valence-electron chi connectivity index (χ1n) is 9.28. The van der Waals surface area contributed by atoms with E-state index in [2.05, 4.69) is 15.0 Å². The third-order valence-electron chi connectivity index (χ3n) is 4.38. The number of nitrogens with zero attached hydrogens (tertiary/aromatic N) is 2. The van der Waals surface area contributed by atoms with Crippen molar-refractivity contribution in [3.05, 3.63) is 71.9 Å². The smallest absolute Gasteiger partial charge is 0.326 e. The highest BCUT2D eigenvalue weighted by Crippen LogP contribution is 2.20. The lowest BCUT2D eigenvalue weighted by Crippen LogP contribution is -2.34. The van der Waals surface area contributed by atoms with Gasteiger partial charge in [0.1, 0.15) is 0 Å². The number of rotatable bonds is 6. The zero-order chi connectivity index (χ0) is 21.7. The molecule has 0 atom stereocenters. The Kier molecular flexibility index (Phi) is 6.31. The van der Waals surface area contributed by atoms with Crippen molar-refractivity contribution in [1.82, 2.24) is 4.31 Å². The first kappa shape index (κ1) is 21.3. The molecular formula is C21H22N4O4S. The van der Waals surface area contributed by atoms with Crippen molar-refractivity contribution in [3.63, 3.8) is 0 Å². The Morgan fingerprint density at radius 3 is 2.17 bits per heavy atom. The largest absolute Gasteiger partial charge is 0.344 e. The van der Waals surface area contributed by atoms with E-state index in [-0.39, 0.29) is 23.7 Å². The third-order valence-corrected chi connectivity index (χ3v) is 5.77. The van der Waals surface area contributed by atoms with E-state index in [1.165, 1.54) is 20.0 Å². The molecule has 0 unspecified atom stereocenters. The van der Waals surface area contributed by atoms with E-state index in [9.17, 15) is 18.0 Å². The molecule has 0 bridgehead atoms. The summed E-state index contributed by atoms with van der Waals surface area (Å²) in [5, 5.41) is 5.36. The Morgan fingerprint density at radius 2 is 1.57 bits per heavy atom. The fourth-order valence-corrected chi connectivity index (χ4v) is 4.01. The molecule has 0 aliphatic carbocycles. The second kappa shape index (κ2) is 8.91. The zero-order valence-electron chi connectivity index (χ0n) is 16.6. The molecule has 0 saturated carbocycles. The van der Waals surface area contributed by atoms with Gasteiger partial charge in [-0.1, -0.05) is 30.3 Å². The second-order valence-corrected chi connectivity index (χ2v) is 8.30. The van der Waals surface area contributed by atoms with Gasteiger partial charge >= 0.3 is 10.2 Å². The lowest BCUT2D eigenvalue weighted by molar-refractivity contribution is -0.114. The Hall–Kier alpha value is -3.46. The van der Waals surface area contributed by atoms with Crippen LogP contribution in [0.4, 0.5) is 11.4 Å². The van der Waals surface area contributed by atoms with Crippen LogP contribution >= 0.6 is 0 Å². The van der Waals surface area contributed by atoms with Crippen molar-refractivity contribution in [3.8, 4) is 0 Å². The average molecular weight is 426 g/mol. The fourth-order valence-electron chi connectivity index (χ4n) is 2.90. The van der Waals surface area contributed by atoms with Gasteiger partial charge in [0.05, 0.1) is 11.3 Å².